The van der Waals surface area contributed by atoms with E-state index in [4.69, 9.17) is 4.99 Å². The van der Waals surface area contributed by atoms with E-state index in [9.17, 15) is 13.3 Å². The molecule has 184 valence electrons. The quantitative estimate of drug-likeness (QED) is 0.179. The maximum atomic E-state index is 13.7. The number of aliphatic imine (C=N–C) groups is 1. The molecule has 1 heterocycles. The second-order valence-corrected chi connectivity index (χ2v) is 10.6. The van der Waals surface area contributed by atoms with Crippen LogP contribution >= 0.6 is 0 Å². The number of aryl methyl sites for hydroxylation is 1. The summed E-state index contributed by atoms with van der Waals surface area (Å²) in [7, 11) is 1.73. The van der Waals surface area contributed by atoms with Gasteiger partial charge in [0, 0.05) is 24.0 Å². The van der Waals surface area contributed by atoms with Gasteiger partial charge in [0.2, 0.25) is 0 Å². The van der Waals surface area contributed by atoms with E-state index in [1.165, 1.54) is 4.68 Å². The van der Waals surface area contributed by atoms with Crippen molar-refractivity contribution >= 4 is 47.5 Å². The minimum Gasteiger partial charge on any atom is -0.594 e. The Balaban J connectivity index is 1.76. The van der Waals surface area contributed by atoms with Gasteiger partial charge in [0.15, 0.2) is 5.82 Å². The first-order valence-electron chi connectivity index (χ1n) is 12.1. The van der Waals surface area contributed by atoms with Crippen molar-refractivity contribution in [1.82, 2.24) is 9.78 Å². The zero-order valence-corrected chi connectivity index (χ0v) is 21.1. The summed E-state index contributed by atoms with van der Waals surface area (Å²) in [6, 6.07) is 23.5. The van der Waals surface area contributed by atoms with E-state index in [1.807, 2.05) is 79.7 Å². The molecule has 0 bridgehead atoms. The van der Waals surface area contributed by atoms with Gasteiger partial charge < -0.3 is 4.55 Å². The van der Waals surface area contributed by atoms with Gasteiger partial charge in [-0.1, -0.05) is 73.7 Å². The van der Waals surface area contributed by atoms with Crippen LogP contribution in [0.3, 0.4) is 0 Å². The van der Waals surface area contributed by atoms with Crippen LogP contribution in [0, 0.1) is 0 Å². The molecular weight excluding hydrogens is 477 g/mol. The topological polar surface area (TPSA) is 56.5 Å². The first kappa shape index (κ1) is 24.5. The summed E-state index contributed by atoms with van der Waals surface area (Å²) in [5.74, 6) is 0.464. The van der Waals surface area contributed by atoms with Crippen LogP contribution in [0.1, 0.15) is 36.5 Å². The molecule has 0 aliphatic heterocycles. The summed E-state index contributed by atoms with van der Waals surface area (Å²) in [4.78, 5) is 5.05. The summed E-state index contributed by atoms with van der Waals surface area (Å²) in [5.41, 5.74) is 4.62. The number of hydrogen-bond acceptors (Lipinski definition) is 4. The average Bonchev–Trinajstić information content (AvgIpc) is 3.69. The molecule has 0 radical (unpaired) electrons. The van der Waals surface area contributed by atoms with Gasteiger partial charge in [0.05, 0.1) is 33.7 Å². The predicted molar refractivity (Wildman–Crippen MR) is 145 cm³/mol. The molecule has 0 spiro atoms. The van der Waals surface area contributed by atoms with E-state index in [0.717, 1.165) is 40.6 Å². The Bertz CT molecular complexity index is 1340. The maximum Gasteiger partial charge on any atom is 0.286 e. The van der Waals surface area contributed by atoms with Crippen LogP contribution in [0.4, 0.5) is 20.3 Å². The van der Waals surface area contributed by atoms with Crippen molar-refractivity contribution in [3.05, 3.63) is 89.5 Å². The maximum absolute atomic E-state index is 13.7. The molecule has 0 amide bonds. The second-order valence-electron chi connectivity index (χ2n) is 8.88. The molecule has 0 saturated heterocycles. The summed E-state index contributed by atoms with van der Waals surface area (Å²) >= 11 is -1.26. The lowest BCUT2D eigenvalue weighted by molar-refractivity contribution is 0.123. The molecule has 4 aromatic rings. The molecule has 1 saturated carbocycles. The number of hydrogen-bond donors (Lipinski definition) is 0. The molecule has 5 rings (SSSR count). The van der Waals surface area contributed by atoms with Crippen LogP contribution < -0.4 is 4.22 Å². The molecule has 36 heavy (non-hydrogen) atoms. The third kappa shape index (κ3) is 4.90. The molecule has 5 nitrogen and oxygen atoms in total. The third-order valence-electron chi connectivity index (χ3n) is 6.34. The minimum atomic E-state index is -2.59. The number of anilines is 1. The number of rotatable bonds is 9. The molecule has 0 N–H and O–H groups in total. The van der Waals surface area contributed by atoms with Gasteiger partial charge in [-0.05, 0) is 18.1 Å². The molecular formula is C27H27BF2N4OS. The van der Waals surface area contributed by atoms with Gasteiger partial charge in [0.25, 0.3) is 14.4 Å². The Morgan fingerprint density at radius 1 is 1.08 bits per heavy atom. The summed E-state index contributed by atoms with van der Waals surface area (Å²) in [5, 5.41) is 5.41. The monoisotopic (exact) mass is 504 g/mol. The van der Waals surface area contributed by atoms with E-state index < -0.39 is 24.3 Å². The van der Waals surface area contributed by atoms with Crippen molar-refractivity contribution in [2.75, 3.05) is 4.22 Å². The van der Waals surface area contributed by atoms with E-state index in [2.05, 4.69) is 5.10 Å². The summed E-state index contributed by atoms with van der Waals surface area (Å²) in [6.45, 7) is 1.45. The highest BCUT2D eigenvalue weighted by molar-refractivity contribution is 7.94. The van der Waals surface area contributed by atoms with Crippen LogP contribution in [0.5, 0.6) is 0 Å². The van der Waals surface area contributed by atoms with Crippen molar-refractivity contribution in [1.29, 1.82) is 0 Å². The largest absolute Gasteiger partial charge is 0.594 e. The Kier molecular flexibility index (Phi) is 7.12. The predicted octanol–water partition coefficient (Wildman–Crippen LogP) is 5.21. The summed E-state index contributed by atoms with van der Waals surface area (Å²) < 4.78 is 43.4. The van der Waals surface area contributed by atoms with Gasteiger partial charge in [-0.25, -0.2) is 18.0 Å². The highest BCUT2D eigenvalue weighted by Crippen LogP contribution is 2.40. The van der Waals surface area contributed by atoms with Gasteiger partial charge in [-0.15, -0.1) is 0 Å². The Morgan fingerprint density at radius 2 is 1.69 bits per heavy atom. The number of halogens is 2. The Hall–Kier alpha value is -3.17. The van der Waals surface area contributed by atoms with Gasteiger partial charge in [0.1, 0.15) is 11.8 Å². The zero-order chi connectivity index (χ0) is 25.2. The number of fused-ring (bicyclic) bond motifs is 1. The minimum absolute atomic E-state index is 0.0966. The van der Waals surface area contributed by atoms with Crippen LogP contribution in [-0.2, 0) is 24.3 Å². The SMILES string of the molecule is BN(c1nn(CC(F)F)c2c(N=C(c3ccccc3)c3ccccc3)ccc(CC)c12)[S+]([O-])C1CC1. The first-order chi connectivity index (χ1) is 17.5. The van der Waals surface area contributed by atoms with Crippen molar-refractivity contribution in [3.8, 4) is 0 Å². The van der Waals surface area contributed by atoms with Crippen molar-refractivity contribution in [2.45, 2.75) is 44.4 Å². The number of benzene rings is 3. The van der Waals surface area contributed by atoms with Crippen LogP contribution in [-0.4, -0.2) is 39.7 Å². The second kappa shape index (κ2) is 10.4. The van der Waals surface area contributed by atoms with Crippen molar-refractivity contribution in [2.24, 2.45) is 4.99 Å². The lowest BCUT2D eigenvalue weighted by Crippen LogP contribution is -2.32. The van der Waals surface area contributed by atoms with Crippen LogP contribution in [0.2, 0.25) is 0 Å². The normalized spacial score (nSPS) is 14.2. The lowest BCUT2D eigenvalue weighted by atomic mass is 10.0. The van der Waals surface area contributed by atoms with Crippen molar-refractivity contribution in [3.63, 3.8) is 0 Å². The molecule has 3 aromatic carbocycles. The Morgan fingerprint density at radius 3 is 2.22 bits per heavy atom. The molecule has 1 fully saturated rings. The van der Waals surface area contributed by atoms with E-state index in [1.54, 1.807) is 12.2 Å². The fraction of sp³-hybridized carbons (Fsp3) is 0.259. The molecule has 1 atom stereocenters. The fourth-order valence-electron chi connectivity index (χ4n) is 4.40. The zero-order valence-electron chi connectivity index (χ0n) is 20.3. The van der Waals surface area contributed by atoms with E-state index >= 15 is 0 Å². The molecule has 1 unspecified atom stereocenters. The highest BCUT2D eigenvalue weighted by Gasteiger charge is 2.39. The van der Waals surface area contributed by atoms with Gasteiger partial charge in [-0.3, -0.25) is 4.68 Å². The molecule has 1 aliphatic rings. The van der Waals surface area contributed by atoms with Crippen LogP contribution in [0.25, 0.3) is 10.9 Å². The molecule has 1 aromatic heterocycles. The molecule has 1 aliphatic carbocycles. The standard InChI is InChI=1S/C27H27BF2N4OS/c1-2-18-13-16-22(31-25(19-9-5-3-6-10-19)20-11-7-4-8-12-20)26-24(18)27(32-33(26)17-23(29)30)34(28)36(35)21-14-15-21/h3-13,16,21,23H,2,14-15,17,28H2,1H3. The number of alkyl halides is 2. The molecule has 9 heteroatoms. The smallest absolute Gasteiger partial charge is 0.286 e. The van der Waals surface area contributed by atoms with Crippen molar-refractivity contribution < 1.29 is 13.3 Å². The summed E-state index contributed by atoms with van der Waals surface area (Å²) in [6.07, 6.45) is -0.104. The third-order valence-corrected chi connectivity index (χ3v) is 8.09. The first-order valence-corrected chi connectivity index (χ1v) is 13.3. The fourth-order valence-corrected chi connectivity index (χ4v) is 5.69. The van der Waals surface area contributed by atoms with Crippen LogP contribution in [0.15, 0.2) is 77.8 Å². The van der Waals surface area contributed by atoms with E-state index in [-0.39, 0.29) is 5.25 Å². The Labute approximate surface area is 213 Å². The average molecular weight is 504 g/mol. The van der Waals surface area contributed by atoms with E-state index in [0.29, 0.717) is 23.4 Å². The van der Waals surface area contributed by atoms with Gasteiger partial charge >= 0.3 is 0 Å². The number of nitrogens with zero attached hydrogens (tertiary/aromatic N) is 4. The lowest BCUT2D eigenvalue weighted by Gasteiger charge is -2.21. The highest BCUT2D eigenvalue weighted by atomic mass is 32.2. The van der Waals surface area contributed by atoms with Gasteiger partial charge in [-0.2, -0.15) is 5.10 Å². The number of aromatic nitrogens is 2.